The lowest BCUT2D eigenvalue weighted by Crippen LogP contribution is -2.57. The Hall–Kier alpha value is -4.15. The Balaban J connectivity index is 1.29. The summed E-state index contributed by atoms with van der Waals surface area (Å²) < 4.78 is 63.7. The molecule has 1 N–H and O–H groups in total. The summed E-state index contributed by atoms with van der Waals surface area (Å²) in [5.41, 5.74) is -1.32. The fraction of sp³-hybridized carbons (Fsp3) is 0.553. The van der Waals surface area contributed by atoms with Gasteiger partial charge in [0.2, 0.25) is 0 Å². The van der Waals surface area contributed by atoms with Crippen LogP contribution in [0.2, 0.25) is 5.02 Å². The molecule has 3 aliphatic rings. The molecule has 12 nitrogen and oxygen atoms in total. The van der Waals surface area contributed by atoms with E-state index < -0.39 is 41.2 Å². The molecule has 0 aliphatic carbocycles. The molecule has 7 rings (SSSR count). The zero-order chi connectivity index (χ0) is 39.6. The number of thiazole rings is 1. The van der Waals surface area contributed by atoms with Gasteiger partial charge in [0.25, 0.3) is 0 Å². The predicted octanol–water partition coefficient (Wildman–Crippen LogP) is 8.58. The number of rotatable bonds is 7. The first-order valence-electron chi connectivity index (χ1n) is 18.4. The number of alkyl halides is 1. The lowest BCUT2D eigenvalue weighted by atomic mass is 10.0. The van der Waals surface area contributed by atoms with Crippen LogP contribution in [0.5, 0.6) is 6.01 Å². The van der Waals surface area contributed by atoms with Crippen LogP contribution < -0.4 is 15.0 Å². The summed E-state index contributed by atoms with van der Waals surface area (Å²) in [5, 5.41) is 2.92. The summed E-state index contributed by atoms with van der Waals surface area (Å²) in [6.07, 6.45) is -0.553. The van der Waals surface area contributed by atoms with E-state index in [0.717, 1.165) is 24.2 Å². The van der Waals surface area contributed by atoms with Gasteiger partial charge >= 0.3 is 18.2 Å². The van der Waals surface area contributed by atoms with Gasteiger partial charge in [0.1, 0.15) is 40.6 Å². The number of nitrogens with zero attached hydrogens (tertiary/aromatic N) is 6. The van der Waals surface area contributed by atoms with E-state index in [1.165, 1.54) is 12.1 Å². The number of halogens is 4. The number of carbonyl (C=O) groups excluding carboxylic acids is 2. The highest BCUT2D eigenvalue weighted by Crippen LogP contribution is 2.44. The normalized spacial score (nSPS) is 21.0. The van der Waals surface area contributed by atoms with E-state index in [1.54, 1.807) is 31.7 Å². The lowest BCUT2D eigenvalue weighted by Gasteiger charge is -2.42. The maximum Gasteiger partial charge on any atom is 0.413 e. The number of carbonyl (C=O) groups is 2. The second-order valence-corrected chi connectivity index (χ2v) is 17.8. The maximum atomic E-state index is 17.2. The van der Waals surface area contributed by atoms with Crippen molar-refractivity contribution < 1.29 is 37.0 Å². The number of nitrogens with one attached hydrogen (secondary N) is 1. The van der Waals surface area contributed by atoms with Gasteiger partial charge in [0.15, 0.2) is 10.9 Å². The summed E-state index contributed by atoms with van der Waals surface area (Å²) in [6, 6.07) is 3.72. The molecule has 4 aromatic rings. The van der Waals surface area contributed by atoms with Gasteiger partial charge in [-0.2, -0.15) is 9.97 Å². The van der Waals surface area contributed by atoms with Crippen molar-refractivity contribution in [1.82, 2.24) is 24.8 Å². The zero-order valence-electron chi connectivity index (χ0n) is 31.8. The van der Waals surface area contributed by atoms with Crippen molar-refractivity contribution in [3.05, 3.63) is 34.9 Å². The molecule has 3 aliphatic heterocycles. The summed E-state index contributed by atoms with van der Waals surface area (Å²) in [6.45, 7) is 14.5. The quantitative estimate of drug-likeness (QED) is 0.195. The Labute approximate surface area is 326 Å². The van der Waals surface area contributed by atoms with Crippen LogP contribution in [0.25, 0.3) is 32.2 Å². The fourth-order valence-electron chi connectivity index (χ4n) is 7.54. The van der Waals surface area contributed by atoms with Crippen LogP contribution in [-0.4, -0.2) is 105 Å². The van der Waals surface area contributed by atoms with Crippen LogP contribution >= 0.6 is 22.9 Å². The molecular weight excluding hydrogens is 759 g/mol. The van der Waals surface area contributed by atoms with Crippen molar-refractivity contribution >= 4 is 67.2 Å². The lowest BCUT2D eigenvalue weighted by molar-refractivity contribution is 0.0122. The number of anilines is 2. The monoisotopic (exact) mass is 803 g/mol. The number of fused-ring (bicyclic) bond motifs is 4. The van der Waals surface area contributed by atoms with Gasteiger partial charge in [-0.05, 0) is 85.9 Å². The Morgan fingerprint density at radius 3 is 2.31 bits per heavy atom. The maximum absolute atomic E-state index is 17.2. The number of benzene rings is 2. The first-order valence-corrected chi connectivity index (χ1v) is 19.6. The Bertz CT molecular complexity index is 2130. The summed E-state index contributed by atoms with van der Waals surface area (Å²) in [4.78, 5) is 45.3. The van der Waals surface area contributed by atoms with E-state index in [2.05, 4.69) is 15.3 Å². The first kappa shape index (κ1) is 39.1. The molecule has 17 heteroatoms. The van der Waals surface area contributed by atoms with Crippen molar-refractivity contribution in [2.75, 3.05) is 42.9 Å². The highest BCUT2D eigenvalue weighted by molar-refractivity contribution is 7.22. The number of hydrogen-bond donors (Lipinski definition) is 1. The molecule has 2 amide bonds. The number of amides is 2. The third-order valence-corrected chi connectivity index (χ3v) is 10.9. The standard InChI is InChI=1S/C38H45ClF3N7O5S/c1-19(15-47-13-12-20(40)16-47)52-33-43-29-24(32(45-33)48-17-21-8-9-22(18-48)49(21)36(51)54-38(5,6)7)14-25(39)27(28(29)42)23-10-11-26(41)31-30(23)44-34(55-31)46-35(50)53-37(2,3)4/h10-11,14,19-22H,8-9,12-13,15-18H2,1-7H3,(H,44,46,50). The van der Waals surface area contributed by atoms with Crippen LogP contribution in [0.1, 0.15) is 67.7 Å². The number of ether oxygens (including phenoxy) is 3. The molecule has 3 saturated heterocycles. The third-order valence-electron chi connectivity index (χ3n) is 9.64. The molecule has 2 aromatic heterocycles. The van der Waals surface area contributed by atoms with Crippen molar-refractivity contribution in [3.63, 3.8) is 0 Å². The van der Waals surface area contributed by atoms with Crippen LogP contribution in [0.4, 0.5) is 33.7 Å². The van der Waals surface area contributed by atoms with E-state index in [1.807, 2.05) is 37.5 Å². The molecule has 4 atom stereocenters. The highest BCUT2D eigenvalue weighted by Gasteiger charge is 2.45. The predicted molar refractivity (Wildman–Crippen MR) is 206 cm³/mol. The van der Waals surface area contributed by atoms with Gasteiger partial charge in [0.05, 0.1) is 27.3 Å². The molecule has 2 bridgehead atoms. The van der Waals surface area contributed by atoms with E-state index in [-0.39, 0.29) is 61.2 Å². The summed E-state index contributed by atoms with van der Waals surface area (Å²) in [5.74, 6) is -1.04. The van der Waals surface area contributed by atoms with Crippen molar-refractivity contribution in [1.29, 1.82) is 0 Å². The van der Waals surface area contributed by atoms with Crippen LogP contribution in [0, 0.1) is 11.6 Å². The third kappa shape index (κ3) is 8.36. The van der Waals surface area contributed by atoms with Crippen LogP contribution in [-0.2, 0) is 9.47 Å². The van der Waals surface area contributed by atoms with Gasteiger partial charge in [0, 0.05) is 49.2 Å². The molecule has 4 unspecified atom stereocenters. The van der Waals surface area contributed by atoms with Gasteiger partial charge in [-0.25, -0.2) is 27.7 Å². The molecular formula is C38H45ClF3N7O5S. The second kappa shape index (κ2) is 14.7. The fourth-order valence-corrected chi connectivity index (χ4v) is 8.72. The zero-order valence-corrected chi connectivity index (χ0v) is 33.4. The molecule has 0 saturated carbocycles. The van der Waals surface area contributed by atoms with Gasteiger partial charge < -0.3 is 19.1 Å². The molecule has 5 heterocycles. The van der Waals surface area contributed by atoms with E-state index >= 15 is 8.78 Å². The Morgan fingerprint density at radius 2 is 1.67 bits per heavy atom. The van der Waals surface area contributed by atoms with E-state index in [9.17, 15) is 14.0 Å². The highest BCUT2D eigenvalue weighted by atomic mass is 35.5. The summed E-state index contributed by atoms with van der Waals surface area (Å²) >= 11 is 7.80. The Morgan fingerprint density at radius 1 is 0.982 bits per heavy atom. The van der Waals surface area contributed by atoms with Gasteiger partial charge in [-0.15, -0.1) is 0 Å². The molecule has 2 aromatic carbocycles. The molecule has 0 spiro atoms. The smallest absolute Gasteiger partial charge is 0.413 e. The van der Waals surface area contributed by atoms with Gasteiger partial charge in [-0.3, -0.25) is 15.1 Å². The largest absolute Gasteiger partial charge is 0.459 e. The minimum Gasteiger partial charge on any atom is -0.459 e. The molecule has 296 valence electrons. The average molecular weight is 804 g/mol. The van der Waals surface area contributed by atoms with Crippen LogP contribution in [0.15, 0.2) is 18.2 Å². The Kier molecular flexibility index (Phi) is 10.5. The minimum atomic E-state index is -0.900. The number of likely N-dealkylation sites (tertiary alicyclic amines) is 1. The van der Waals surface area contributed by atoms with E-state index in [4.69, 9.17) is 30.8 Å². The number of hydrogen-bond acceptors (Lipinski definition) is 11. The minimum absolute atomic E-state index is 0.00428. The van der Waals surface area contributed by atoms with E-state index in [0.29, 0.717) is 50.3 Å². The van der Waals surface area contributed by atoms with Crippen molar-refractivity contribution in [3.8, 4) is 17.1 Å². The molecule has 0 radical (unpaired) electrons. The molecule has 55 heavy (non-hydrogen) atoms. The average Bonchev–Trinajstić information content (AvgIpc) is 3.75. The SMILES string of the molecule is CC(CN1CCC(F)C1)Oc1nc(N2CC3CCC(C2)N3C(=O)OC(C)(C)C)c2cc(Cl)c(-c3ccc(F)c4sc(NC(=O)OC(C)(C)C)nc34)c(F)c2n1. The van der Waals surface area contributed by atoms with Crippen LogP contribution in [0.3, 0.4) is 0 Å². The number of piperazine rings is 1. The number of aromatic nitrogens is 3. The van der Waals surface area contributed by atoms with Crippen molar-refractivity contribution in [2.24, 2.45) is 0 Å². The first-order chi connectivity index (χ1) is 25.8. The topological polar surface area (TPSA) is 122 Å². The van der Waals surface area contributed by atoms with Gasteiger partial charge in [-0.1, -0.05) is 22.9 Å². The van der Waals surface area contributed by atoms with Crippen molar-refractivity contribution in [2.45, 2.75) is 103 Å². The summed E-state index contributed by atoms with van der Waals surface area (Å²) in [7, 11) is 0. The molecule has 3 fully saturated rings. The second-order valence-electron chi connectivity index (χ2n) is 16.4.